The molecule has 1 atom stereocenters. The Morgan fingerprint density at radius 3 is 2.96 bits per heavy atom. The largest absolute Gasteiger partial charge is 0.336 e. The summed E-state index contributed by atoms with van der Waals surface area (Å²) >= 11 is 0. The zero-order chi connectivity index (χ0) is 19.1. The van der Waals surface area contributed by atoms with E-state index in [4.69, 9.17) is 0 Å². The number of carbonyl (C=O) groups is 1. The monoisotopic (exact) mass is 379 g/mol. The van der Waals surface area contributed by atoms with Gasteiger partial charge in [0.25, 0.3) is 5.91 Å². The van der Waals surface area contributed by atoms with E-state index in [2.05, 4.69) is 20.1 Å². The van der Waals surface area contributed by atoms with E-state index in [0.717, 1.165) is 31.6 Å². The first-order chi connectivity index (χ1) is 13.7. The molecule has 1 amide bonds. The van der Waals surface area contributed by atoms with E-state index in [9.17, 15) is 9.18 Å². The molecule has 2 aliphatic rings. The molecule has 28 heavy (non-hydrogen) atoms. The van der Waals surface area contributed by atoms with Crippen LogP contribution in [-0.2, 0) is 0 Å². The van der Waals surface area contributed by atoms with Gasteiger partial charge in [0.1, 0.15) is 5.82 Å². The Morgan fingerprint density at radius 1 is 1.18 bits per heavy atom. The fraction of sp³-hybridized carbons (Fsp3) is 0.381. The molecule has 144 valence electrons. The number of halogens is 1. The van der Waals surface area contributed by atoms with Gasteiger partial charge in [-0.05, 0) is 43.7 Å². The minimum absolute atomic E-state index is 0.0482. The Balaban J connectivity index is 1.55. The Kier molecular flexibility index (Phi) is 4.31. The number of benzene rings is 1. The van der Waals surface area contributed by atoms with E-state index < -0.39 is 0 Å². The molecule has 0 radical (unpaired) electrons. The molecule has 2 fully saturated rings. The van der Waals surface area contributed by atoms with Crippen molar-refractivity contribution in [1.82, 2.24) is 25.0 Å². The Hall–Kier alpha value is -2.80. The minimum atomic E-state index is -0.364. The standard InChI is InChI=1S/C21H22FN5O/c22-15-4-5-19-17(9-15)18(10-20(25-19)14-11-23-24-12-14)21(28)27-8-7-26-6-2-1-3-16(26)13-27/h4-5,9-12,16H,1-3,6-8,13H2,(H,23,24). The van der Waals surface area contributed by atoms with Gasteiger partial charge in [-0.1, -0.05) is 6.42 Å². The van der Waals surface area contributed by atoms with Crippen molar-refractivity contribution < 1.29 is 9.18 Å². The lowest BCUT2D eigenvalue weighted by Crippen LogP contribution is -2.56. The maximum absolute atomic E-state index is 13.9. The van der Waals surface area contributed by atoms with Gasteiger partial charge in [-0.15, -0.1) is 0 Å². The zero-order valence-electron chi connectivity index (χ0n) is 15.6. The second-order valence-corrected chi connectivity index (χ2v) is 7.64. The van der Waals surface area contributed by atoms with Crippen LogP contribution in [0, 0.1) is 5.82 Å². The molecular weight excluding hydrogens is 357 g/mol. The highest BCUT2D eigenvalue weighted by atomic mass is 19.1. The number of rotatable bonds is 2. The second-order valence-electron chi connectivity index (χ2n) is 7.64. The third-order valence-corrected chi connectivity index (χ3v) is 5.92. The van der Waals surface area contributed by atoms with Gasteiger partial charge in [-0.25, -0.2) is 9.37 Å². The number of nitrogens with zero attached hydrogens (tertiary/aromatic N) is 4. The van der Waals surface area contributed by atoms with Crippen molar-refractivity contribution in [2.75, 3.05) is 26.2 Å². The Morgan fingerprint density at radius 2 is 2.11 bits per heavy atom. The zero-order valence-corrected chi connectivity index (χ0v) is 15.6. The highest BCUT2D eigenvalue weighted by molar-refractivity contribution is 6.07. The molecule has 3 aromatic rings. The first-order valence-corrected chi connectivity index (χ1v) is 9.82. The normalized spacial score (nSPS) is 20.3. The molecule has 5 rings (SSSR count). The molecule has 1 N–H and O–H groups in total. The fourth-order valence-electron chi connectivity index (χ4n) is 4.42. The average molecular weight is 379 g/mol. The summed E-state index contributed by atoms with van der Waals surface area (Å²) in [5.41, 5.74) is 2.58. The Bertz CT molecular complexity index is 1020. The highest BCUT2D eigenvalue weighted by Gasteiger charge is 2.32. The van der Waals surface area contributed by atoms with Crippen molar-refractivity contribution in [3.05, 3.63) is 48.0 Å². The number of hydrogen-bond acceptors (Lipinski definition) is 4. The van der Waals surface area contributed by atoms with Gasteiger partial charge >= 0.3 is 0 Å². The lowest BCUT2D eigenvalue weighted by atomic mass is 9.98. The van der Waals surface area contributed by atoms with Crippen LogP contribution in [0.15, 0.2) is 36.7 Å². The third kappa shape index (κ3) is 3.05. The van der Waals surface area contributed by atoms with E-state index in [1.807, 2.05) is 4.90 Å². The number of carbonyl (C=O) groups excluding carboxylic acids is 1. The molecule has 0 spiro atoms. The van der Waals surface area contributed by atoms with Crippen LogP contribution in [0.5, 0.6) is 0 Å². The lowest BCUT2D eigenvalue weighted by Gasteiger charge is -2.44. The fourth-order valence-corrected chi connectivity index (χ4v) is 4.42. The van der Waals surface area contributed by atoms with Crippen molar-refractivity contribution in [1.29, 1.82) is 0 Å². The van der Waals surface area contributed by atoms with Crippen LogP contribution in [0.3, 0.4) is 0 Å². The van der Waals surface area contributed by atoms with Gasteiger partial charge in [0, 0.05) is 42.8 Å². The third-order valence-electron chi connectivity index (χ3n) is 5.92. The van der Waals surface area contributed by atoms with Gasteiger partial charge in [0.2, 0.25) is 0 Å². The number of fused-ring (bicyclic) bond motifs is 2. The van der Waals surface area contributed by atoms with Crippen LogP contribution in [-0.4, -0.2) is 63.1 Å². The van der Waals surface area contributed by atoms with E-state index >= 15 is 0 Å². The maximum Gasteiger partial charge on any atom is 0.254 e. The number of piperazine rings is 1. The van der Waals surface area contributed by atoms with Crippen molar-refractivity contribution in [2.45, 2.75) is 25.3 Å². The summed E-state index contributed by atoms with van der Waals surface area (Å²) in [6.45, 7) is 3.47. The molecular formula is C21H22FN5O. The number of piperidine rings is 1. The number of aromatic amines is 1. The molecule has 0 bridgehead atoms. The molecule has 0 aliphatic carbocycles. The van der Waals surface area contributed by atoms with Crippen LogP contribution < -0.4 is 0 Å². The summed E-state index contributed by atoms with van der Waals surface area (Å²) in [6.07, 6.45) is 7.01. The van der Waals surface area contributed by atoms with Crippen LogP contribution >= 0.6 is 0 Å². The van der Waals surface area contributed by atoms with Gasteiger partial charge < -0.3 is 4.90 Å². The van der Waals surface area contributed by atoms with Crippen LogP contribution in [0.4, 0.5) is 4.39 Å². The first kappa shape index (κ1) is 17.3. The summed E-state index contributed by atoms with van der Waals surface area (Å²) in [4.78, 5) is 22.5. The summed E-state index contributed by atoms with van der Waals surface area (Å²) < 4.78 is 13.9. The van der Waals surface area contributed by atoms with Crippen LogP contribution in [0.2, 0.25) is 0 Å². The molecule has 2 aliphatic heterocycles. The topological polar surface area (TPSA) is 65.1 Å². The number of pyridine rings is 1. The SMILES string of the molecule is O=C(c1cc(-c2cn[nH]c2)nc2ccc(F)cc12)N1CCN2CCCCC2C1. The Labute approximate surface area is 162 Å². The minimum Gasteiger partial charge on any atom is -0.336 e. The smallest absolute Gasteiger partial charge is 0.254 e. The van der Waals surface area contributed by atoms with Crippen LogP contribution in [0.25, 0.3) is 22.2 Å². The predicted molar refractivity (Wildman–Crippen MR) is 104 cm³/mol. The summed E-state index contributed by atoms with van der Waals surface area (Å²) in [5.74, 6) is -0.413. The summed E-state index contributed by atoms with van der Waals surface area (Å²) in [6, 6.07) is 6.62. The van der Waals surface area contributed by atoms with E-state index in [-0.39, 0.29) is 11.7 Å². The quantitative estimate of drug-likeness (QED) is 0.743. The van der Waals surface area contributed by atoms with Crippen molar-refractivity contribution in [3.8, 4) is 11.3 Å². The van der Waals surface area contributed by atoms with Gasteiger partial charge in [-0.3, -0.25) is 14.8 Å². The second kappa shape index (κ2) is 6.98. The number of hydrogen-bond donors (Lipinski definition) is 1. The van der Waals surface area contributed by atoms with E-state index in [1.54, 1.807) is 24.5 Å². The number of nitrogens with one attached hydrogen (secondary N) is 1. The summed E-state index contributed by atoms with van der Waals surface area (Å²) in [7, 11) is 0. The van der Waals surface area contributed by atoms with Crippen molar-refractivity contribution in [2.24, 2.45) is 0 Å². The van der Waals surface area contributed by atoms with Crippen LogP contribution in [0.1, 0.15) is 29.6 Å². The summed E-state index contributed by atoms with van der Waals surface area (Å²) in [5, 5.41) is 7.31. The average Bonchev–Trinajstić information content (AvgIpc) is 3.27. The number of aromatic nitrogens is 3. The predicted octanol–water partition coefficient (Wildman–Crippen LogP) is 3.07. The van der Waals surface area contributed by atoms with Crippen molar-refractivity contribution in [3.63, 3.8) is 0 Å². The van der Waals surface area contributed by atoms with E-state index in [0.29, 0.717) is 34.7 Å². The molecule has 1 unspecified atom stereocenters. The molecule has 7 heteroatoms. The first-order valence-electron chi connectivity index (χ1n) is 9.82. The van der Waals surface area contributed by atoms with Gasteiger partial charge in [0.05, 0.1) is 23.0 Å². The number of amides is 1. The maximum atomic E-state index is 13.9. The molecule has 2 saturated heterocycles. The van der Waals surface area contributed by atoms with Crippen molar-refractivity contribution >= 4 is 16.8 Å². The molecule has 0 saturated carbocycles. The van der Waals surface area contributed by atoms with Gasteiger partial charge in [-0.2, -0.15) is 5.10 Å². The molecule has 1 aromatic carbocycles. The number of H-pyrrole nitrogens is 1. The molecule has 2 aromatic heterocycles. The van der Waals surface area contributed by atoms with E-state index in [1.165, 1.54) is 25.0 Å². The lowest BCUT2D eigenvalue weighted by molar-refractivity contribution is 0.0374. The molecule has 6 nitrogen and oxygen atoms in total. The molecule has 4 heterocycles. The highest BCUT2D eigenvalue weighted by Crippen LogP contribution is 2.28. The van der Waals surface area contributed by atoms with Gasteiger partial charge in [0.15, 0.2) is 0 Å².